The molecule has 1 aliphatic rings. The molecule has 4 heteroatoms. The topological polar surface area (TPSA) is 32.8 Å². The highest BCUT2D eigenvalue weighted by Gasteiger charge is 2.33. The summed E-state index contributed by atoms with van der Waals surface area (Å²) < 4.78 is 4.83. The molecule has 0 N–H and O–H groups in total. The molecule has 17 heavy (non-hydrogen) atoms. The molecule has 0 aromatic carbocycles. The molecule has 1 heterocycles. The smallest absolute Gasteiger partial charge is 0.309 e. The fourth-order valence-electron chi connectivity index (χ4n) is 2.68. The summed E-state index contributed by atoms with van der Waals surface area (Å²) in [6.45, 7) is 6.26. The summed E-state index contributed by atoms with van der Waals surface area (Å²) in [4.78, 5) is 16.3. The van der Waals surface area contributed by atoms with Crippen molar-refractivity contribution in [2.45, 2.75) is 38.8 Å². The van der Waals surface area contributed by atoms with Gasteiger partial charge in [0, 0.05) is 18.6 Å². The van der Waals surface area contributed by atoms with E-state index in [9.17, 15) is 4.79 Å². The number of carbonyl (C=O) groups is 1. The van der Waals surface area contributed by atoms with Crippen LogP contribution in [-0.4, -0.2) is 62.1 Å². The predicted molar refractivity (Wildman–Crippen MR) is 68.9 cm³/mol. The Labute approximate surface area is 105 Å². The van der Waals surface area contributed by atoms with Crippen LogP contribution >= 0.6 is 0 Å². The molecule has 1 saturated heterocycles. The molecule has 0 saturated carbocycles. The van der Waals surface area contributed by atoms with E-state index in [-0.39, 0.29) is 17.9 Å². The van der Waals surface area contributed by atoms with E-state index in [0.717, 1.165) is 13.1 Å². The molecule has 100 valence electrons. The van der Waals surface area contributed by atoms with Crippen molar-refractivity contribution < 1.29 is 9.53 Å². The van der Waals surface area contributed by atoms with E-state index in [2.05, 4.69) is 30.8 Å². The van der Waals surface area contributed by atoms with Crippen LogP contribution in [0.4, 0.5) is 0 Å². The number of rotatable bonds is 5. The molecule has 0 radical (unpaired) electrons. The molecule has 1 fully saturated rings. The number of methoxy groups -OCH3 is 1. The number of nitrogens with zero attached hydrogens (tertiary/aromatic N) is 2. The Hall–Kier alpha value is -0.610. The third kappa shape index (κ3) is 3.68. The van der Waals surface area contributed by atoms with Crippen LogP contribution in [-0.2, 0) is 9.53 Å². The van der Waals surface area contributed by atoms with Crippen molar-refractivity contribution in [1.82, 2.24) is 9.80 Å². The SMILES string of the molecule is COC(=O)C(C)C(C)N1CCCC1CN(C)C. The van der Waals surface area contributed by atoms with E-state index in [0.29, 0.717) is 6.04 Å². The third-order valence-corrected chi connectivity index (χ3v) is 3.82. The van der Waals surface area contributed by atoms with Crippen LogP contribution in [0, 0.1) is 5.92 Å². The lowest BCUT2D eigenvalue weighted by Gasteiger charge is -2.34. The van der Waals surface area contributed by atoms with Crippen molar-refractivity contribution >= 4 is 5.97 Å². The number of likely N-dealkylation sites (tertiary alicyclic amines) is 1. The Kier molecular flexibility index (Phi) is 5.40. The number of hydrogen-bond acceptors (Lipinski definition) is 4. The van der Waals surface area contributed by atoms with E-state index in [1.807, 2.05) is 6.92 Å². The summed E-state index contributed by atoms with van der Waals surface area (Å²) in [5.74, 6) is -0.157. The second-order valence-electron chi connectivity index (χ2n) is 5.35. The lowest BCUT2D eigenvalue weighted by atomic mass is 10.0. The average Bonchev–Trinajstić information content (AvgIpc) is 2.73. The Morgan fingerprint density at radius 3 is 2.65 bits per heavy atom. The number of likely N-dealkylation sites (N-methyl/N-ethyl adjacent to an activating group) is 1. The second kappa shape index (κ2) is 6.36. The Morgan fingerprint density at radius 1 is 1.47 bits per heavy atom. The highest BCUT2D eigenvalue weighted by Crippen LogP contribution is 2.24. The maximum atomic E-state index is 11.6. The van der Waals surface area contributed by atoms with Crippen molar-refractivity contribution in [2.24, 2.45) is 5.92 Å². The van der Waals surface area contributed by atoms with E-state index in [4.69, 9.17) is 4.74 Å². The van der Waals surface area contributed by atoms with Crippen LogP contribution < -0.4 is 0 Å². The third-order valence-electron chi connectivity index (χ3n) is 3.82. The monoisotopic (exact) mass is 242 g/mol. The summed E-state index contributed by atoms with van der Waals surface area (Å²) in [7, 11) is 5.67. The first kappa shape index (κ1) is 14.5. The number of ether oxygens (including phenoxy) is 1. The molecule has 1 rings (SSSR count). The van der Waals surface area contributed by atoms with Gasteiger partial charge in [0.25, 0.3) is 0 Å². The molecule has 4 nitrogen and oxygen atoms in total. The lowest BCUT2D eigenvalue weighted by molar-refractivity contribution is -0.147. The first-order chi connectivity index (χ1) is 7.97. The van der Waals surface area contributed by atoms with Gasteiger partial charge in [-0.2, -0.15) is 0 Å². The van der Waals surface area contributed by atoms with Crippen LogP contribution in [0.3, 0.4) is 0 Å². The maximum absolute atomic E-state index is 11.6. The number of esters is 1. The van der Waals surface area contributed by atoms with E-state index in [1.165, 1.54) is 20.0 Å². The molecular weight excluding hydrogens is 216 g/mol. The quantitative estimate of drug-likeness (QED) is 0.678. The highest BCUT2D eigenvalue weighted by molar-refractivity contribution is 5.72. The van der Waals surface area contributed by atoms with Crippen LogP contribution in [0.1, 0.15) is 26.7 Å². The fourth-order valence-corrected chi connectivity index (χ4v) is 2.68. The molecule has 0 aliphatic carbocycles. The van der Waals surface area contributed by atoms with Gasteiger partial charge < -0.3 is 9.64 Å². The molecule has 3 atom stereocenters. The molecule has 0 spiro atoms. The molecule has 0 aromatic heterocycles. The van der Waals surface area contributed by atoms with Gasteiger partial charge in [0.05, 0.1) is 13.0 Å². The van der Waals surface area contributed by atoms with E-state index in [1.54, 1.807) is 0 Å². The molecule has 0 amide bonds. The van der Waals surface area contributed by atoms with Gasteiger partial charge in [0.2, 0.25) is 0 Å². The Balaban J connectivity index is 2.60. The van der Waals surface area contributed by atoms with Gasteiger partial charge in [-0.25, -0.2) is 0 Å². The second-order valence-corrected chi connectivity index (χ2v) is 5.35. The molecule has 0 aromatic rings. The van der Waals surface area contributed by atoms with Crippen LogP contribution in [0.25, 0.3) is 0 Å². The number of carbonyl (C=O) groups excluding carboxylic acids is 1. The minimum Gasteiger partial charge on any atom is -0.469 e. The van der Waals surface area contributed by atoms with Gasteiger partial charge in [0.15, 0.2) is 0 Å². The van der Waals surface area contributed by atoms with Crippen LogP contribution in [0.15, 0.2) is 0 Å². The van der Waals surface area contributed by atoms with Crippen LogP contribution in [0.2, 0.25) is 0 Å². The molecule has 0 bridgehead atoms. The van der Waals surface area contributed by atoms with E-state index >= 15 is 0 Å². The van der Waals surface area contributed by atoms with Gasteiger partial charge in [-0.1, -0.05) is 6.92 Å². The first-order valence-electron chi connectivity index (χ1n) is 6.45. The summed E-state index contributed by atoms with van der Waals surface area (Å²) in [5, 5.41) is 0. The summed E-state index contributed by atoms with van der Waals surface area (Å²) in [6, 6.07) is 0.835. The van der Waals surface area contributed by atoms with Gasteiger partial charge >= 0.3 is 5.97 Å². The zero-order chi connectivity index (χ0) is 13.0. The minimum atomic E-state index is -0.104. The standard InChI is InChI=1S/C13H26N2O2/c1-10(13(16)17-5)11(2)15-8-6-7-12(15)9-14(3)4/h10-12H,6-9H2,1-5H3. The summed E-state index contributed by atoms with van der Waals surface area (Å²) >= 11 is 0. The van der Waals surface area contributed by atoms with Gasteiger partial charge in [-0.05, 0) is 40.4 Å². The van der Waals surface area contributed by atoms with E-state index < -0.39 is 0 Å². The van der Waals surface area contributed by atoms with Crippen LogP contribution in [0.5, 0.6) is 0 Å². The highest BCUT2D eigenvalue weighted by atomic mass is 16.5. The zero-order valence-corrected chi connectivity index (χ0v) is 11.8. The van der Waals surface area contributed by atoms with Crippen molar-refractivity contribution in [3.8, 4) is 0 Å². The fraction of sp³-hybridized carbons (Fsp3) is 0.923. The Morgan fingerprint density at radius 2 is 2.12 bits per heavy atom. The summed E-state index contributed by atoms with van der Waals surface area (Å²) in [6.07, 6.45) is 2.47. The van der Waals surface area contributed by atoms with Crippen molar-refractivity contribution in [3.05, 3.63) is 0 Å². The normalized spacial score (nSPS) is 24.9. The molecule has 3 unspecified atom stereocenters. The largest absolute Gasteiger partial charge is 0.469 e. The minimum absolute atomic E-state index is 0.0530. The number of hydrogen-bond donors (Lipinski definition) is 0. The molecule has 1 aliphatic heterocycles. The van der Waals surface area contributed by atoms with Crippen molar-refractivity contribution in [3.63, 3.8) is 0 Å². The lowest BCUT2D eigenvalue weighted by Crippen LogP contribution is -2.46. The van der Waals surface area contributed by atoms with Crippen molar-refractivity contribution in [2.75, 3.05) is 34.3 Å². The van der Waals surface area contributed by atoms with Crippen molar-refractivity contribution in [1.29, 1.82) is 0 Å². The first-order valence-corrected chi connectivity index (χ1v) is 6.45. The maximum Gasteiger partial charge on any atom is 0.309 e. The van der Waals surface area contributed by atoms with Gasteiger partial charge in [-0.3, -0.25) is 9.69 Å². The Bertz CT molecular complexity index is 256. The van der Waals surface area contributed by atoms with Gasteiger partial charge in [0.1, 0.15) is 0 Å². The summed E-state index contributed by atoms with van der Waals surface area (Å²) in [5.41, 5.74) is 0. The van der Waals surface area contributed by atoms with Gasteiger partial charge in [-0.15, -0.1) is 0 Å². The zero-order valence-electron chi connectivity index (χ0n) is 11.8. The predicted octanol–water partition coefficient (Wildman–Crippen LogP) is 1.21. The molecular formula is C13H26N2O2. The average molecular weight is 242 g/mol.